The fourth-order valence-electron chi connectivity index (χ4n) is 1.93. The van der Waals surface area contributed by atoms with Gasteiger partial charge >= 0.3 is 13.3 Å². The van der Waals surface area contributed by atoms with E-state index in [2.05, 4.69) is 4.98 Å². The molecule has 0 saturated carbocycles. The number of nitrogens with zero attached hydrogens (tertiary/aromatic N) is 1. The summed E-state index contributed by atoms with van der Waals surface area (Å²) in [4.78, 5) is 3.43. The number of methoxy groups -OCH3 is 1. The monoisotopic (exact) mass is 303 g/mol. The molecule has 1 aromatic heterocycles. The second-order valence-corrected chi connectivity index (χ2v) is 5.90. The van der Waals surface area contributed by atoms with Crippen molar-refractivity contribution in [3.63, 3.8) is 0 Å². The van der Waals surface area contributed by atoms with E-state index in [1.165, 1.54) is 7.11 Å². The molecule has 4 nitrogen and oxygen atoms in total. The van der Waals surface area contributed by atoms with Gasteiger partial charge in [0.25, 0.3) is 0 Å². The molecule has 0 unspecified atom stereocenters. The van der Waals surface area contributed by atoms with Crippen LogP contribution in [0.1, 0.15) is 33.4 Å². The van der Waals surface area contributed by atoms with Crippen LogP contribution in [0.5, 0.6) is 5.75 Å². The number of aromatic nitrogens is 1. The van der Waals surface area contributed by atoms with Gasteiger partial charge in [-0.3, -0.25) is 4.98 Å². The number of alkyl halides is 3. The zero-order valence-corrected chi connectivity index (χ0v) is 12.5. The van der Waals surface area contributed by atoms with Crippen molar-refractivity contribution >= 4 is 12.6 Å². The van der Waals surface area contributed by atoms with Gasteiger partial charge in [-0.2, -0.15) is 13.2 Å². The number of ether oxygens (including phenoxy) is 1. The number of halogens is 3. The third-order valence-corrected chi connectivity index (χ3v) is 3.91. The molecule has 1 aliphatic rings. The van der Waals surface area contributed by atoms with Crippen LogP contribution >= 0.6 is 0 Å². The molecule has 2 heterocycles. The van der Waals surface area contributed by atoms with Gasteiger partial charge in [0, 0.05) is 17.7 Å². The molecule has 2 rings (SSSR count). The summed E-state index contributed by atoms with van der Waals surface area (Å²) in [5.41, 5.74) is -1.86. The fourth-order valence-corrected chi connectivity index (χ4v) is 1.93. The molecular formula is C13H17BF3NO3. The summed E-state index contributed by atoms with van der Waals surface area (Å²) in [5.74, 6) is 0.0378. The highest BCUT2D eigenvalue weighted by Crippen LogP contribution is 2.37. The van der Waals surface area contributed by atoms with Crippen molar-refractivity contribution in [2.45, 2.75) is 45.1 Å². The molecule has 1 aromatic rings. The number of rotatable bonds is 2. The first kappa shape index (κ1) is 16.1. The molecule has 1 fully saturated rings. The molecule has 0 radical (unpaired) electrons. The van der Waals surface area contributed by atoms with Gasteiger partial charge in [0.1, 0.15) is 11.4 Å². The Morgan fingerprint density at radius 1 is 1.14 bits per heavy atom. The number of hydrogen-bond donors (Lipinski definition) is 0. The first-order chi connectivity index (χ1) is 9.48. The predicted octanol–water partition coefficient (Wildman–Crippen LogP) is 2.41. The molecule has 116 valence electrons. The van der Waals surface area contributed by atoms with Crippen LogP contribution in [-0.4, -0.2) is 30.4 Å². The smallest absolute Gasteiger partial charge is 0.497 e. The van der Waals surface area contributed by atoms with Gasteiger partial charge < -0.3 is 14.0 Å². The summed E-state index contributed by atoms with van der Waals surface area (Å²) in [7, 11) is 0.476. The van der Waals surface area contributed by atoms with E-state index in [1.807, 2.05) is 27.7 Å². The van der Waals surface area contributed by atoms with E-state index >= 15 is 0 Å². The van der Waals surface area contributed by atoms with E-state index in [-0.39, 0.29) is 5.75 Å². The molecule has 8 heteroatoms. The minimum absolute atomic E-state index is 0.0378. The minimum atomic E-state index is -4.53. The molecule has 0 aliphatic carbocycles. The zero-order chi connectivity index (χ0) is 16.1. The highest BCUT2D eigenvalue weighted by molar-refractivity contribution is 6.63. The Bertz CT molecular complexity index is 530. The fraction of sp³-hybridized carbons (Fsp3) is 0.615. The Kier molecular flexibility index (Phi) is 3.74. The van der Waals surface area contributed by atoms with E-state index in [0.29, 0.717) is 5.46 Å². The Balaban J connectivity index is 2.38. The molecule has 1 saturated heterocycles. The van der Waals surface area contributed by atoms with Gasteiger partial charge in [-0.15, -0.1) is 0 Å². The van der Waals surface area contributed by atoms with Crippen LogP contribution in [0.4, 0.5) is 13.2 Å². The maximum atomic E-state index is 12.7. The number of pyridine rings is 1. The normalized spacial score (nSPS) is 20.7. The summed E-state index contributed by atoms with van der Waals surface area (Å²) in [5, 5.41) is 0. The van der Waals surface area contributed by atoms with E-state index in [4.69, 9.17) is 14.0 Å². The van der Waals surface area contributed by atoms with Gasteiger partial charge in [0.2, 0.25) is 0 Å². The lowest BCUT2D eigenvalue weighted by molar-refractivity contribution is -0.141. The average molecular weight is 303 g/mol. The van der Waals surface area contributed by atoms with Crippen molar-refractivity contribution in [1.29, 1.82) is 0 Å². The molecule has 0 aromatic carbocycles. The van der Waals surface area contributed by atoms with Gasteiger partial charge in [-0.05, 0) is 27.7 Å². The van der Waals surface area contributed by atoms with Crippen LogP contribution in [0.2, 0.25) is 0 Å². The van der Waals surface area contributed by atoms with Crippen LogP contribution in [0.3, 0.4) is 0 Å². The highest BCUT2D eigenvalue weighted by atomic mass is 19.4. The van der Waals surface area contributed by atoms with Gasteiger partial charge in [0.05, 0.1) is 18.3 Å². The number of hydrogen-bond acceptors (Lipinski definition) is 4. The average Bonchev–Trinajstić information content (AvgIpc) is 2.56. The Morgan fingerprint density at radius 2 is 1.67 bits per heavy atom. The zero-order valence-electron chi connectivity index (χ0n) is 12.5. The molecular weight excluding hydrogens is 286 g/mol. The van der Waals surface area contributed by atoms with Crippen molar-refractivity contribution in [2.24, 2.45) is 0 Å². The molecule has 0 amide bonds. The topological polar surface area (TPSA) is 40.6 Å². The lowest BCUT2D eigenvalue weighted by Gasteiger charge is -2.32. The van der Waals surface area contributed by atoms with E-state index < -0.39 is 30.2 Å². The van der Waals surface area contributed by atoms with E-state index in [9.17, 15) is 13.2 Å². The molecule has 1 aliphatic heterocycles. The summed E-state index contributed by atoms with van der Waals surface area (Å²) >= 11 is 0. The van der Waals surface area contributed by atoms with Crippen molar-refractivity contribution in [3.05, 3.63) is 18.0 Å². The second kappa shape index (κ2) is 4.88. The summed E-state index contributed by atoms with van der Waals surface area (Å²) in [6.07, 6.45) is -3.44. The predicted molar refractivity (Wildman–Crippen MR) is 71.5 cm³/mol. The van der Waals surface area contributed by atoms with Crippen molar-refractivity contribution in [1.82, 2.24) is 4.98 Å². The standard InChI is InChI=1S/C13H17BF3NO3/c1-11(2)12(3,4)21-14(20-11)8-7-18-10(13(15,16)17)6-9(8)19-5/h6-7H,1-5H3. The quantitative estimate of drug-likeness (QED) is 0.787. The maximum absolute atomic E-state index is 12.7. The van der Waals surface area contributed by atoms with Crippen LogP contribution < -0.4 is 10.2 Å². The first-order valence-corrected chi connectivity index (χ1v) is 6.45. The molecule has 0 spiro atoms. The minimum Gasteiger partial charge on any atom is -0.497 e. The SMILES string of the molecule is COc1cc(C(F)(F)F)ncc1B1OC(C)(C)C(C)(C)O1. The third kappa shape index (κ3) is 2.87. The summed E-state index contributed by atoms with van der Waals surface area (Å²) < 4.78 is 54.7. The van der Waals surface area contributed by atoms with Crippen LogP contribution in [0.15, 0.2) is 12.3 Å². The third-order valence-electron chi connectivity index (χ3n) is 3.91. The largest absolute Gasteiger partial charge is 0.500 e. The molecule has 0 bridgehead atoms. The lowest BCUT2D eigenvalue weighted by atomic mass is 9.79. The molecule has 21 heavy (non-hydrogen) atoms. The van der Waals surface area contributed by atoms with Crippen LogP contribution in [0.25, 0.3) is 0 Å². The Labute approximate surface area is 121 Å². The van der Waals surface area contributed by atoms with Gasteiger partial charge in [-0.1, -0.05) is 0 Å². The first-order valence-electron chi connectivity index (χ1n) is 6.45. The van der Waals surface area contributed by atoms with Crippen LogP contribution in [-0.2, 0) is 15.5 Å². The summed E-state index contributed by atoms with van der Waals surface area (Å²) in [6, 6.07) is 0.848. The van der Waals surface area contributed by atoms with E-state index in [0.717, 1.165) is 12.3 Å². The summed E-state index contributed by atoms with van der Waals surface area (Å²) in [6.45, 7) is 7.43. The van der Waals surface area contributed by atoms with Crippen molar-refractivity contribution in [3.8, 4) is 5.75 Å². The van der Waals surface area contributed by atoms with E-state index in [1.54, 1.807) is 0 Å². The Hall–Kier alpha value is -1.28. The maximum Gasteiger partial charge on any atom is 0.500 e. The second-order valence-electron chi connectivity index (χ2n) is 5.90. The molecule has 0 N–H and O–H groups in total. The van der Waals surface area contributed by atoms with Crippen LogP contribution in [0, 0.1) is 0 Å². The lowest BCUT2D eigenvalue weighted by Crippen LogP contribution is -2.41. The highest BCUT2D eigenvalue weighted by Gasteiger charge is 2.52. The van der Waals surface area contributed by atoms with Crippen molar-refractivity contribution in [2.75, 3.05) is 7.11 Å². The molecule has 0 atom stereocenters. The van der Waals surface area contributed by atoms with Gasteiger partial charge in [-0.25, -0.2) is 0 Å². The van der Waals surface area contributed by atoms with Gasteiger partial charge in [0.15, 0.2) is 0 Å². The Morgan fingerprint density at radius 3 is 2.10 bits per heavy atom. The van der Waals surface area contributed by atoms with Crippen molar-refractivity contribution < 1.29 is 27.2 Å².